The van der Waals surface area contributed by atoms with Crippen molar-refractivity contribution in [3.05, 3.63) is 52.9 Å². The fourth-order valence-corrected chi connectivity index (χ4v) is 4.05. The van der Waals surface area contributed by atoms with Gasteiger partial charge in [0.1, 0.15) is 18.2 Å². The molecule has 0 aliphatic heterocycles. The average Bonchev–Trinajstić information content (AvgIpc) is 3.41. The lowest BCUT2D eigenvalue weighted by Crippen LogP contribution is -2.06. The molecular weight excluding hydrogens is 404 g/mol. The molecule has 0 aliphatic rings. The monoisotopic (exact) mass is 424 g/mol. The van der Waals surface area contributed by atoms with Gasteiger partial charge in [0.25, 0.3) is 0 Å². The van der Waals surface area contributed by atoms with Crippen molar-refractivity contribution in [2.45, 2.75) is 26.9 Å². The molecule has 0 bridgehead atoms. The fourth-order valence-electron chi connectivity index (χ4n) is 2.98. The molecule has 8 nitrogen and oxygen atoms in total. The summed E-state index contributed by atoms with van der Waals surface area (Å²) in [6.07, 6.45) is 2.13. The number of esters is 1. The fraction of sp³-hybridized carbons (Fsp3) is 0.238. The maximum Gasteiger partial charge on any atom is 0.341 e. The van der Waals surface area contributed by atoms with E-state index in [2.05, 4.69) is 15.2 Å². The first-order valence-electron chi connectivity index (χ1n) is 9.48. The van der Waals surface area contributed by atoms with Crippen LogP contribution in [-0.2, 0) is 17.8 Å². The van der Waals surface area contributed by atoms with Gasteiger partial charge in [-0.2, -0.15) is 0 Å². The largest absolute Gasteiger partial charge is 0.489 e. The van der Waals surface area contributed by atoms with E-state index in [1.54, 1.807) is 6.92 Å². The summed E-state index contributed by atoms with van der Waals surface area (Å²) in [7, 11) is 0. The highest BCUT2D eigenvalue weighted by molar-refractivity contribution is 7.17. The Balaban J connectivity index is 1.58. The van der Waals surface area contributed by atoms with Gasteiger partial charge in [0.2, 0.25) is 11.8 Å². The Bertz CT molecular complexity index is 1200. The number of thiophene rings is 1. The van der Waals surface area contributed by atoms with E-state index in [1.165, 1.54) is 17.5 Å². The average molecular weight is 424 g/mol. The Morgan fingerprint density at radius 2 is 2.13 bits per heavy atom. The first-order valence-corrected chi connectivity index (χ1v) is 10.4. The van der Waals surface area contributed by atoms with E-state index in [0.717, 1.165) is 15.8 Å². The summed E-state index contributed by atoms with van der Waals surface area (Å²) in [5.74, 6) is 1.62. The van der Waals surface area contributed by atoms with Crippen LogP contribution in [-0.4, -0.2) is 27.8 Å². The van der Waals surface area contributed by atoms with Gasteiger partial charge in [-0.1, -0.05) is 13.0 Å². The van der Waals surface area contributed by atoms with Crippen LogP contribution in [0.25, 0.3) is 21.5 Å². The van der Waals surface area contributed by atoms with Gasteiger partial charge >= 0.3 is 5.97 Å². The minimum absolute atomic E-state index is 0.269. The van der Waals surface area contributed by atoms with Crippen LogP contribution in [0.1, 0.15) is 35.7 Å². The minimum Gasteiger partial charge on any atom is -0.489 e. The molecule has 3 heterocycles. The van der Waals surface area contributed by atoms with Crippen LogP contribution in [0.4, 0.5) is 5.82 Å². The molecule has 0 radical (unpaired) electrons. The van der Waals surface area contributed by atoms with E-state index in [4.69, 9.17) is 19.6 Å². The Morgan fingerprint density at radius 3 is 2.90 bits per heavy atom. The molecule has 3 aromatic heterocycles. The Hall–Kier alpha value is -3.46. The van der Waals surface area contributed by atoms with Crippen LogP contribution in [0.5, 0.6) is 5.75 Å². The van der Waals surface area contributed by atoms with Gasteiger partial charge in [0.15, 0.2) is 0 Å². The SMILES string of the molecule is CCOC(=O)c1cnc(N)c2c(COc3cccc(-c4nnc(CC)o4)c3)csc12. The van der Waals surface area contributed by atoms with E-state index < -0.39 is 5.97 Å². The van der Waals surface area contributed by atoms with E-state index in [1.807, 2.05) is 36.6 Å². The van der Waals surface area contributed by atoms with Crippen molar-refractivity contribution in [1.82, 2.24) is 15.2 Å². The third-order valence-electron chi connectivity index (χ3n) is 4.44. The standard InChI is InChI=1S/C21H20N4O4S/c1-3-16-24-25-20(29-16)12-6-5-7-14(8-12)28-10-13-11-30-18-15(21(26)27-4-2)9-23-19(22)17(13)18/h5-9,11H,3-4,10H2,1-2H3,(H2,22,23). The second kappa shape index (κ2) is 8.50. The number of fused-ring (bicyclic) bond motifs is 1. The molecule has 30 heavy (non-hydrogen) atoms. The second-order valence-electron chi connectivity index (χ2n) is 6.41. The lowest BCUT2D eigenvalue weighted by Gasteiger charge is -2.08. The first-order chi connectivity index (χ1) is 14.6. The number of anilines is 1. The van der Waals surface area contributed by atoms with Gasteiger partial charge in [-0.25, -0.2) is 9.78 Å². The lowest BCUT2D eigenvalue weighted by atomic mass is 10.1. The van der Waals surface area contributed by atoms with Crippen LogP contribution in [0.3, 0.4) is 0 Å². The number of nitrogens with zero attached hydrogens (tertiary/aromatic N) is 3. The molecule has 0 amide bonds. The van der Waals surface area contributed by atoms with Gasteiger partial charge in [0.05, 0.1) is 16.9 Å². The van der Waals surface area contributed by atoms with E-state index in [9.17, 15) is 4.79 Å². The molecule has 154 valence electrons. The number of hydrogen-bond donors (Lipinski definition) is 1. The molecule has 4 rings (SSSR count). The molecule has 0 unspecified atom stereocenters. The smallest absolute Gasteiger partial charge is 0.341 e. The topological polar surface area (TPSA) is 113 Å². The minimum atomic E-state index is -0.414. The summed E-state index contributed by atoms with van der Waals surface area (Å²) in [5, 5.41) is 10.7. The maximum atomic E-state index is 12.2. The van der Waals surface area contributed by atoms with Crippen LogP contribution < -0.4 is 10.5 Å². The van der Waals surface area contributed by atoms with E-state index in [-0.39, 0.29) is 6.61 Å². The molecule has 0 aliphatic carbocycles. The zero-order chi connectivity index (χ0) is 21.1. The van der Waals surface area contributed by atoms with Crippen molar-refractivity contribution in [2.75, 3.05) is 12.3 Å². The number of nitrogen functional groups attached to an aromatic ring is 1. The number of benzene rings is 1. The molecule has 9 heteroatoms. The quantitative estimate of drug-likeness (QED) is 0.438. The molecular formula is C21H20N4O4S. The normalized spacial score (nSPS) is 11.0. The van der Waals surface area contributed by atoms with Crippen molar-refractivity contribution in [3.8, 4) is 17.2 Å². The molecule has 0 saturated heterocycles. The molecule has 0 saturated carbocycles. The predicted octanol–water partition coefficient (Wildman–Crippen LogP) is 4.25. The Labute approximate surface area is 176 Å². The summed E-state index contributed by atoms with van der Waals surface area (Å²) in [6, 6.07) is 7.43. The number of rotatable bonds is 7. The van der Waals surface area contributed by atoms with Gasteiger partial charge < -0.3 is 19.6 Å². The Morgan fingerprint density at radius 1 is 1.27 bits per heavy atom. The second-order valence-corrected chi connectivity index (χ2v) is 7.29. The Kier molecular flexibility index (Phi) is 5.62. The highest BCUT2D eigenvalue weighted by Gasteiger charge is 2.18. The zero-order valence-electron chi connectivity index (χ0n) is 16.5. The highest BCUT2D eigenvalue weighted by Crippen LogP contribution is 2.33. The van der Waals surface area contributed by atoms with Crippen molar-refractivity contribution >= 4 is 33.2 Å². The number of aromatic nitrogens is 3. The van der Waals surface area contributed by atoms with E-state index in [0.29, 0.717) is 47.3 Å². The summed E-state index contributed by atoms with van der Waals surface area (Å²) < 4.78 is 17.4. The highest BCUT2D eigenvalue weighted by atomic mass is 32.1. The number of carbonyl (C=O) groups excluding carboxylic acids is 1. The third-order valence-corrected chi connectivity index (χ3v) is 5.50. The summed E-state index contributed by atoms with van der Waals surface area (Å²) in [4.78, 5) is 16.4. The number of pyridine rings is 1. The van der Waals surface area contributed by atoms with Gasteiger partial charge in [-0.05, 0) is 30.5 Å². The van der Waals surface area contributed by atoms with Gasteiger partial charge in [-0.15, -0.1) is 21.5 Å². The third kappa shape index (κ3) is 3.84. The summed E-state index contributed by atoms with van der Waals surface area (Å²) in [5.41, 5.74) is 8.12. The molecule has 1 aromatic carbocycles. The van der Waals surface area contributed by atoms with Crippen LogP contribution in [0.2, 0.25) is 0 Å². The first kappa shape index (κ1) is 19.8. The van der Waals surface area contributed by atoms with Gasteiger partial charge in [0, 0.05) is 29.1 Å². The predicted molar refractivity (Wildman–Crippen MR) is 113 cm³/mol. The number of carbonyl (C=O) groups is 1. The molecule has 4 aromatic rings. The van der Waals surface area contributed by atoms with Crippen LogP contribution in [0, 0.1) is 0 Å². The number of hydrogen-bond acceptors (Lipinski definition) is 9. The zero-order valence-corrected chi connectivity index (χ0v) is 17.4. The van der Waals surface area contributed by atoms with Gasteiger partial charge in [-0.3, -0.25) is 0 Å². The van der Waals surface area contributed by atoms with E-state index >= 15 is 0 Å². The summed E-state index contributed by atoms with van der Waals surface area (Å²) in [6.45, 7) is 4.28. The van der Waals surface area contributed by atoms with Crippen LogP contribution >= 0.6 is 11.3 Å². The molecule has 0 atom stereocenters. The van der Waals surface area contributed by atoms with Crippen molar-refractivity contribution in [2.24, 2.45) is 0 Å². The summed E-state index contributed by atoms with van der Waals surface area (Å²) >= 11 is 1.42. The molecule has 0 spiro atoms. The maximum absolute atomic E-state index is 12.2. The number of aryl methyl sites for hydroxylation is 1. The lowest BCUT2D eigenvalue weighted by molar-refractivity contribution is 0.0528. The number of nitrogens with two attached hydrogens (primary N) is 1. The van der Waals surface area contributed by atoms with Crippen molar-refractivity contribution in [1.29, 1.82) is 0 Å². The number of ether oxygens (including phenoxy) is 2. The van der Waals surface area contributed by atoms with Crippen LogP contribution in [0.15, 0.2) is 40.3 Å². The van der Waals surface area contributed by atoms with Crippen molar-refractivity contribution < 1.29 is 18.7 Å². The van der Waals surface area contributed by atoms with Crippen molar-refractivity contribution in [3.63, 3.8) is 0 Å². The molecule has 0 fully saturated rings. The molecule has 2 N–H and O–H groups in total.